The molecule has 0 aliphatic rings. The highest BCUT2D eigenvalue weighted by Crippen LogP contribution is 2.25. The van der Waals surface area contributed by atoms with E-state index in [9.17, 15) is 9.59 Å². The van der Waals surface area contributed by atoms with Gasteiger partial charge in [0.2, 0.25) is 0 Å². The minimum Gasteiger partial charge on any atom is -0.344 e. The molecule has 0 bridgehead atoms. The van der Waals surface area contributed by atoms with Crippen molar-refractivity contribution in [1.29, 1.82) is 0 Å². The highest BCUT2D eigenvalue weighted by Gasteiger charge is 2.17. The lowest BCUT2D eigenvalue weighted by Crippen LogP contribution is -2.26. The molecule has 1 atom stereocenters. The predicted molar refractivity (Wildman–Crippen MR) is 101 cm³/mol. The molecule has 0 aliphatic carbocycles. The zero-order valence-electron chi connectivity index (χ0n) is 15.1. The Morgan fingerprint density at radius 3 is 2.73 bits per heavy atom. The van der Waals surface area contributed by atoms with E-state index < -0.39 is 0 Å². The van der Waals surface area contributed by atoms with Crippen molar-refractivity contribution >= 4 is 23.0 Å². The van der Waals surface area contributed by atoms with Crippen molar-refractivity contribution in [2.24, 2.45) is 7.05 Å². The molecule has 0 saturated carbocycles. The van der Waals surface area contributed by atoms with E-state index >= 15 is 0 Å². The number of nitrogens with zero attached hydrogens (tertiary/aromatic N) is 3. The minimum atomic E-state index is -0.182. The van der Waals surface area contributed by atoms with Crippen LogP contribution in [0.15, 0.2) is 35.8 Å². The number of nitrogens with one attached hydrogen (secondary N) is 1. The van der Waals surface area contributed by atoms with Gasteiger partial charge in [0, 0.05) is 30.5 Å². The fraction of sp³-hybridized carbons (Fsp3) is 0.263. The normalized spacial score (nSPS) is 12.0. The van der Waals surface area contributed by atoms with Crippen LogP contribution < -0.4 is 5.32 Å². The first-order chi connectivity index (χ1) is 12.4. The van der Waals surface area contributed by atoms with E-state index in [-0.39, 0.29) is 17.7 Å². The van der Waals surface area contributed by atoms with E-state index in [0.29, 0.717) is 11.3 Å². The summed E-state index contributed by atoms with van der Waals surface area (Å²) >= 11 is 1.56. The highest BCUT2D eigenvalue weighted by molar-refractivity contribution is 7.09. The van der Waals surface area contributed by atoms with Crippen LogP contribution in [0.3, 0.4) is 0 Å². The maximum Gasteiger partial charge on any atom is 0.251 e. The third kappa shape index (κ3) is 3.57. The molecule has 1 N–H and O–H groups in total. The number of thiazole rings is 1. The van der Waals surface area contributed by atoms with Gasteiger partial charge in [-0.2, -0.15) is 5.10 Å². The Kier molecular flexibility index (Phi) is 4.99. The standard InChI is InChI=1S/C19H20N4O2S/c1-11(17-10-26-13(3)22-17)21-19(25)15-7-5-6-14(8-15)16-9-20-23(4)18(16)12(2)24/h5-11H,1-4H3,(H,21,25)/t11-/m0/s1. The van der Waals surface area contributed by atoms with Gasteiger partial charge in [-0.3, -0.25) is 14.3 Å². The molecule has 0 unspecified atom stereocenters. The van der Waals surface area contributed by atoms with Crippen molar-refractivity contribution < 1.29 is 9.59 Å². The van der Waals surface area contributed by atoms with Crippen LogP contribution in [-0.2, 0) is 7.05 Å². The Hall–Kier alpha value is -2.80. The first-order valence-electron chi connectivity index (χ1n) is 8.23. The van der Waals surface area contributed by atoms with Gasteiger partial charge >= 0.3 is 0 Å². The molecule has 3 rings (SSSR count). The van der Waals surface area contributed by atoms with Gasteiger partial charge in [-0.1, -0.05) is 12.1 Å². The van der Waals surface area contributed by atoms with Crippen molar-refractivity contribution in [3.05, 3.63) is 57.8 Å². The molecule has 2 aromatic heterocycles. The van der Waals surface area contributed by atoms with Crippen LogP contribution in [0.25, 0.3) is 11.1 Å². The van der Waals surface area contributed by atoms with Crippen molar-refractivity contribution in [3.63, 3.8) is 0 Å². The maximum absolute atomic E-state index is 12.6. The van der Waals surface area contributed by atoms with Gasteiger partial charge in [0.05, 0.1) is 22.9 Å². The summed E-state index contributed by atoms with van der Waals surface area (Å²) in [4.78, 5) is 28.9. The van der Waals surface area contributed by atoms with Crippen LogP contribution in [0.5, 0.6) is 0 Å². The van der Waals surface area contributed by atoms with Crippen molar-refractivity contribution in [1.82, 2.24) is 20.1 Å². The van der Waals surface area contributed by atoms with Crippen molar-refractivity contribution in [2.45, 2.75) is 26.8 Å². The number of benzene rings is 1. The molecule has 0 aliphatic heterocycles. The molecule has 26 heavy (non-hydrogen) atoms. The summed E-state index contributed by atoms with van der Waals surface area (Å²) in [5.41, 5.74) is 3.41. The number of aromatic nitrogens is 3. The number of hydrogen-bond acceptors (Lipinski definition) is 5. The summed E-state index contributed by atoms with van der Waals surface area (Å²) in [5.74, 6) is -0.249. The molecule has 2 heterocycles. The summed E-state index contributed by atoms with van der Waals surface area (Å²) < 4.78 is 1.55. The van der Waals surface area contributed by atoms with Gasteiger partial charge in [-0.05, 0) is 31.5 Å². The average Bonchev–Trinajstić information content (AvgIpc) is 3.20. The van der Waals surface area contributed by atoms with Gasteiger partial charge in [-0.25, -0.2) is 4.98 Å². The van der Waals surface area contributed by atoms with Gasteiger partial charge < -0.3 is 5.32 Å². The molecule has 1 aromatic carbocycles. The van der Waals surface area contributed by atoms with Gasteiger partial charge in [0.1, 0.15) is 5.69 Å². The third-order valence-electron chi connectivity index (χ3n) is 4.14. The quantitative estimate of drug-likeness (QED) is 0.699. The second-order valence-electron chi connectivity index (χ2n) is 6.15. The zero-order chi connectivity index (χ0) is 18.8. The van der Waals surface area contributed by atoms with Crippen LogP contribution in [0.4, 0.5) is 0 Å². The summed E-state index contributed by atoms with van der Waals surface area (Å²) in [6, 6.07) is 7.02. The average molecular weight is 368 g/mol. The lowest BCUT2D eigenvalue weighted by atomic mass is 10.0. The van der Waals surface area contributed by atoms with Gasteiger partial charge in [0.15, 0.2) is 5.78 Å². The number of amides is 1. The lowest BCUT2D eigenvalue weighted by molar-refractivity contribution is 0.0938. The fourth-order valence-electron chi connectivity index (χ4n) is 2.83. The van der Waals surface area contributed by atoms with E-state index in [4.69, 9.17) is 0 Å². The van der Waals surface area contributed by atoms with Crippen molar-refractivity contribution in [2.75, 3.05) is 0 Å². The zero-order valence-corrected chi connectivity index (χ0v) is 15.9. The molecule has 0 saturated heterocycles. The molecule has 0 radical (unpaired) electrons. The molecule has 1 amide bonds. The smallest absolute Gasteiger partial charge is 0.251 e. The third-order valence-corrected chi connectivity index (χ3v) is 4.93. The number of carbonyl (C=O) groups is 2. The second kappa shape index (κ2) is 7.21. The van der Waals surface area contributed by atoms with E-state index in [1.54, 1.807) is 47.5 Å². The minimum absolute atomic E-state index is 0.0672. The number of rotatable bonds is 5. The first-order valence-corrected chi connectivity index (χ1v) is 9.11. The van der Waals surface area contributed by atoms with Crippen LogP contribution in [0.1, 0.15) is 51.4 Å². The first kappa shape index (κ1) is 18.0. The highest BCUT2D eigenvalue weighted by atomic mass is 32.1. The number of Topliss-reactive ketones (excluding diaryl/α,β-unsaturated/α-hetero) is 1. The summed E-state index contributed by atoms with van der Waals surface area (Å²) in [7, 11) is 1.73. The summed E-state index contributed by atoms with van der Waals surface area (Å²) in [6.45, 7) is 5.35. The second-order valence-corrected chi connectivity index (χ2v) is 7.22. The SMILES string of the molecule is CC(=O)c1c(-c2cccc(C(=O)N[C@@H](C)c3csc(C)n3)c2)cnn1C. The molecule has 134 valence electrons. The van der Waals surface area contributed by atoms with Gasteiger partial charge in [-0.15, -0.1) is 11.3 Å². The summed E-state index contributed by atoms with van der Waals surface area (Å²) in [6.07, 6.45) is 1.65. The Bertz CT molecular complexity index is 974. The monoisotopic (exact) mass is 368 g/mol. The Labute approximate surface area is 155 Å². The van der Waals surface area contributed by atoms with Crippen LogP contribution in [-0.4, -0.2) is 26.5 Å². The Balaban J connectivity index is 1.85. The number of ketones is 1. The molecular formula is C19H20N4O2S. The lowest BCUT2D eigenvalue weighted by Gasteiger charge is -2.12. The van der Waals surface area contributed by atoms with E-state index in [0.717, 1.165) is 21.8 Å². The molecular weight excluding hydrogens is 348 g/mol. The van der Waals surface area contributed by atoms with Crippen LogP contribution >= 0.6 is 11.3 Å². The molecule has 0 fully saturated rings. The molecule has 3 aromatic rings. The van der Waals surface area contributed by atoms with E-state index in [1.165, 1.54) is 6.92 Å². The Morgan fingerprint density at radius 2 is 2.08 bits per heavy atom. The van der Waals surface area contributed by atoms with Crippen molar-refractivity contribution in [3.8, 4) is 11.1 Å². The van der Waals surface area contributed by atoms with Gasteiger partial charge in [0.25, 0.3) is 5.91 Å². The predicted octanol–water partition coefficient (Wildman–Crippen LogP) is 3.55. The van der Waals surface area contributed by atoms with Crippen LogP contribution in [0, 0.1) is 6.92 Å². The largest absolute Gasteiger partial charge is 0.344 e. The fourth-order valence-corrected chi connectivity index (χ4v) is 3.53. The number of carbonyl (C=O) groups excluding carboxylic acids is 2. The summed E-state index contributed by atoms with van der Waals surface area (Å²) in [5, 5.41) is 10.1. The van der Waals surface area contributed by atoms with E-state index in [1.807, 2.05) is 25.3 Å². The molecule has 6 nitrogen and oxygen atoms in total. The molecule has 0 spiro atoms. The number of aryl methyl sites for hydroxylation is 2. The van der Waals surface area contributed by atoms with E-state index in [2.05, 4.69) is 15.4 Å². The van der Waals surface area contributed by atoms with Crippen LogP contribution in [0.2, 0.25) is 0 Å². The number of hydrogen-bond donors (Lipinski definition) is 1. The topological polar surface area (TPSA) is 76.9 Å². The Morgan fingerprint density at radius 1 is 1.31 bits per heavy atom. The maximum atomic E-state index is 12.6. The molecule has 7 heteroatoms.